The van der Waals surface area contributed by atoms with E-state index in [-0.39, 0.29) is 29.3 Å². The maximum Gasteiger partial charge on any atom is 0.161 e. The molecule has 3 nitrogen and oxygen atoms in total. The van der Waals surface area contributed by atoms with Gasteiger partial charge in [-0.1, -0.05) is 18.9 Å². The average Bonchev–Trinajstić information content (AvgIpc) is 2.46. The molecule has 0 aromatic heterocycles. The number of hydrogen-bond donors (Lipinski definition) is 2. The minimum atomic E-state index is 0. The maximum atomic E-state index is 10.5. The molecule has 1 heterocycles. The van der Waals surface area contributed by atoms with E-state index < -0.39 is 0 Å². The molecule has 0 spiro atoms. The van der Waals surface area contributed by atoms with E-state index in [2.05, 4.69) is 11.9 Å². The predicted octanol–water partition coefficient (Wildman–Crippen LogP) is 3.21. The summed E-state index contributed by atoms with van der Waals surface area (Å²) in [5, 5.41) is 20.4. The number of phenolic OH excluding ortho intramolecular Hbond substituents is 2. The second kappa shape index (κ2) is 5.06. The lowest BCUT2D eigenvalue weighted by Crippen LogP contribution is -2.59. The third kappa shape index (κ3) is 1.90. The molecule has 2 fully saturated rings. The second-order valence-electron chi connectivity index (χ2n) is 6.98. The maximum absolute atomic E-state index is 10.5. The van der Waals surface area contributed by atoms with Crippen molar-refractivity contribution in [2.45, 2.75) is 50.0 Å². The van der Waals surface area contributed by atoms with E-state index in [9.17, 15) is 10.2 Å². The van der Waals surface area contributed by atoms with Gasteiger partial charge in [0.2, 0.25) is 0 Å². The van der Waals surface area contributed by atoms with Crippen molar-refractivity contribution >= 4 is 12.4 Å². The van der Waals surface area contributed by atoms with Crippen LogP contribution in [0.4, 0.5) is 0 Å². The average molecular weight is 310 g/mol. The number of aromatic hydroxyl groups is 2. The number of phenols is 2. The summed E-state index contributed by atoms with van der Waals surface area (Å²) in [6.45, 7) is 1.11. The highest BCUT2D eigenvalue weighted by Crippen LogP contribution is 2.58. The third-order valence-electron chi connectivity index (χ3n) is 6.21. The van der Waals surface area contributed by atoms with E-state index in [0.29, 0.717) is 12.0 Å². The first-order chi connectivity index (χ1) is 9.63. The SMILES string of the molecule is CN1CC[C@]23CCCC[C@H]2[C@H]1Cc1ccc(O)c(O)c13.Cl. The Morgan fingerprint density at radius 1 is 1.19 bits per heavy atom. The Hall–Kier alpha value is -0.930. The van der Waals surface area contributed by atoms with Gasteiger partial charge in [0.25, 0.3) is 0 Å². The molecule has 3 atom stereocenters. The molecule has 21 heavy (non-hydrogen) atoms. The van der Waals surface area contributed by atoms with Crippen LogP contribution < -0.4 is 0 Å². The molecule has 1 aliphatic heterocycles. The van der Waals surface area contributed by atoms with Crippen molar-refractivity contribution < 1.29 is 10.2 Å². The van der Waals surface area contributed by atoms with Gasteiger partial charge in [-0.2, -0.15) is 0 Å². The van der Waals surface area contributed by atoms with Crippen molar-refractivity contribution in [1.29, 1.82) is 0 Å². The fourth-order valence-electron chi connectivity index (χ4n) is 5.29. The number of likely N-dealkylation sites (tertiary alicyclic amines) is 1. The number of nitrogens with zero attached hydrogens (tertiary/aromatic N) is 1. The second-order valence-corrected chi connectivity index (χ2v) is 6.98. The topological polar surface area (TPSA) is 43.7 Å². The molecule has 0 amide bonds. The number of halogens is 1. The van der Waals surface area contributed by atoms with Crippen LogP contribution >= 0.6 is 12.4 Å². The number of fused-ring (bicyclic) bond motifs is 1. The number of hydrogen-bond acceptors (Lipinski definition) is 3. The van der Waals surface area contributed by atoms with Gasteiger partial charge in [-0.15, -0.1) is 12.4 Å². The highest BCUT2D eigenvalue weighted by atomic mass is 35.5. The summed E-state index contributed by atoms with van der Waals surface area (Å²) in [6, 6.07) is 4.30. The number of benzene rings is 1. The fraction of sp³-hybridized carbons (Fsp3) is 0.647. The van der Waals surface area contributed by atoms with Gasteiger partial charge < -0.3 is 15.1 Å². The number of rotatable bonds is 0. The normalized spacial score (nSPS) is 34.5. The molecule has 1 aromatic rings. The largest absolute Gasteiger partial charge is 0.504 e. The Morgan fingerprint density at radius 3 is 2.81 bits per heavy atom. The van der Waals surface area contributed by atoms with Gasteiger partial charge >= 0.3 is 0 Å². The van der Waals surface area contributed by atoms with Crippen LogP contribution in [0, 0.1) is 5.92 Å². The van der Waals surface area contributed by atoms with Gasteiger partial charge in [0.1, 0.15) is 0 Å². The molecule has 2 N–H and O–H groups in total. The lowest BCUT2D eigenvalue weighted by atomic mass is 9.52. The Labute approximate surface area is 132 Å². The third-order valence-corrected chi connectivity index (χ3v) is 6.21. The Morgan fingerprint density at radius 2 is 2.00 bits per heavy atom. The molecular formula is C17H24ClNO2. The molecule has 0 radical (unpaired) electrons. The lowest BCUT2D eigenvalue weighted by molar-refractivity contribution is 0.00132. The van der Waals surface area contributed by atoms with E-state index in [1.54, 1.807) is 6.07 Å². The van der Waals surface area contributed by atoms with Crippen molar-refractivity contribution in [2.75, 3.05) is 13.6 Å². The van der Waals surface area contributed by atoms with Crippen molar-refractivity contribution in [3.05, 3.63) is 23.3 Å². The van der Waals surface area contributed by atoms with Crippen LogP contribution in [0.2, 0.25) is 0 Å². The van der Waals surface area contributed by atoms with Gasteiger partial charge in [0.05, 0.1) is 0 Å². The van der Waals surface area contributed by atoms with Gasteiger partial charge in [0, 0.05) is 17.0 Å². The van der Waals surface area contributed by atoms with Crippen LogP contribution in [0.1, 0.15) is 43.2 Å². The van der Waals surface area contributed by atoms with Crippen molar-refractivity contribution in [3.8, 4) is 11.5 Å². The van der Waals surface area contributed by atoms with E-state index >= 15 is 0 Å². The van der Waals surface area contributed by atoms with Crippen LogP contribution in [0.3, 0.4) is 0 Å². The van der Waals surface area contributed by atoms with E-state index in [1.165, 1.54) is 31.2 Å². The van der Waals surface area contributed by atoms with Gasteiger partial charge in [0.15, 0.2) is 11.5 Å². The quantitative estimate of drug-likeness (QED) is 0.723. The summed E-state index contributed by atoms with van der Waals surface area (Å²) >= 11 is 0. The first kappa shape index (κ1) is 15.0. The molecule has 0 unspecified atom stereocenters. The summed E-state index contributed by atoms with van der Waals surface area (Å²) in [6.07, 6.45) is 7.14. The van der Waals surface area contributed by atoms with E-state index in [1.807, 2.05) is 6.07 Å². The molecular weight excluding hydrogens is 286 g/mol. The Kier molecular flexibility index (Phi) is 3.61. The minimum Gasteiger partial charge on any atom is -0.504 e. The van der Waals surface area contributed by atoms with Gasteiger partial charge in [-0.25, -0.2) is 0 Å². The minimum absolute atomic E-state index is 0. The monoisotopic (exact) mass is 309 g/mol. The van der Waals surface area contributed by atoms with Crippen LogP contribution in [0.25, 0.3) is 0 Å². The molecule has 2 bridgehead atoms. The molecule has 116 valence electrons. The van der Waals surface area contributed by atoms with Gasteiger partial charge in [-0.3, -0.25) is 0 Å². The molecule has 1 saturated heterocycles. The number of piperidine rings is 1. The van der Waals surface area contributed by atoms with Gasteiger partial charge in [-0.05, 0) is 56.8 Å². The summed E-state index contributed by atoms with van der Waals surface area (Å²) in [4.78, 5) is 2.51. The molecule has 1 saturated carbocycles. The van der Waals surface area contributed by atoms with Crippen LogP contribution in [-0.4, -0.2) is 34.7 Å². The number of likely N-dealkylation sites (N-methyl/N-ethyl adjacent to an activating group) is 1. The summed E-state index contributed by atoms with van der Waals surface area (Å²) < 4.78 is 0. The van der Waals surface area contributed by atoms with Crippen molar-refractivity contribution in [2.24, 2.45) is 5.92 Å². The molecule has 4 rings (SSSR count). The van der Waals surface area contributed by atoms with Crippen molar-refractivity contribution in [3.63, 3.8) is 0 Å². The zero-order chi connectivity index (χ0) is 13.9. The summed E-state index contributed by atoms with van der Waals surface area (Å²) in [5.74, 6) is 0.868. The smallest absolute Gasteiger partial charge is 0.161 e. The predicted molar refractivity (Wildman–Crippen MR) is 85.4 cm³/mol. The highest BCUT2D eigenvalue weighted by Gasteiger charge is 2.54. The summed E-state index contributed by atoms with van der Waals surface area (Å²) in [7, 11) is 2.24. The molecule has 1 aromatic carbocycles. The van der Waals surface area contributed by atoms with Crippen LogP contribution in [-0.2, 0) is 11.8 Å². The Balaban J connectivity index is 0.00000132. The Bertz CT molecular complexity index is 562. The first-order valence-electron chi connectivity index (χ1n) is 7.88. The molecule has 3 aliphatic rings. The van der Waals surface area contributed by atoms with E-state index in [0.717, 1.165) is 24.9 Å². The molecule has 2 aliphatic carbocycles. The van der Waals surface area contributed by atoms with Crippen LogP contribution in [0.5, 0.6) is 11.5 Å². The zero-order valence-corrected chi connectivity index (χ0v) is 13.3. The summed E-state index contributed by atoms with van der Waals surface area (Å²) in [5.41, 5.74) is 2.47. The fourth-order valence-corrected chi connectivity index (χ4v) is 5.29. The standard InChI is InChI=1S/C17H23NO2.ClH/c1-18-9-8-17-7-3-2-4-12(17)13(18)10-11-5-6-14(19)16(20)15(11)17;/h5-6,12-13,19-20H,2-4,7-10H2,1H3;1H/t12-,13+,17+;/m0./s1. The molecule has 4 heteroatoms. The zero-order valence-electron chi connectivity index (χ0n) is 12.5. The highest BCUT2D eigenvalue weighted by molar-refractivity contribution is 5.85. The lowest BCUT2D eigenvalue weighted by Gasteiger charge is -2.58. The van der Waals surface area contributed by atoms with E-state index in [4.69, 9.17) is 0 Å². The van der Waals surface area contributed by atoms with Crippen molar-refractivity contribution in [1.82, 2.24) is 4.90 Å². The van der Waals surface area contributed by atoms with Crippen LogP contribution in [0.15, 0.2) is 12.1 Å². The first-order valence-corrected chi connectivity index (χ1v) is 7.88.